The molecule has 1 unspecified atom stereocenters. The van der Waals surface area contributed by atoms with E-state index in [0.717, 1.165) is 27.8 Å². The summed E-state index contributed by atoms with van der Waals surface area (Å²) in [6, 6.07) is 3.61. The lowest BCUT2D eigenvalue weighted by molar-refractivity contribution is -0.149. The third-order valence-electron chi connectivity index (χ3n) is 3.65. The third-order valence-corrected chi connectivity index (χ3v) is 4.11. The number of fused-ring (bicyclic) bond motifs is 1. The fourth-order valence-corrected chi connectivity index (χ4v) is 3.13. The van der Waals surface area contributed by atoms with Gasteiger partial charge in [-0.1, -0.05) is 15.9 Å². The van der Waals surface area contributed by atoms with Crippen LogP contribution in [-0.4, -0.2) is 35.9 Å². The predicted molar refractivity (Wildman–Crippen MR) is 76.4 cm³/mol. The second-order valence-electron chi connectivity index (χ2n) is 5.07. The third kappa shape index (κ3) is 2.33. The van der Waals surface area contributed by atoms with Crippen LogP contribution in [0.1, 0.15) is 18.1 Å². The minimum Gasteiger partial charge on any atom is -0.493 e. The zero-order valence-corrected chi connectivity index (χ0v) is 12.7. The fourth-order valence-electron chi connectivity index (χ4n) is 2.58. The second kappa shape index (κ2) is 5.18. The number of benzene rings is 1. The quantitative estimate of drug-likeness (QED) is 0.824. The Balaban J connectivity index is 1.91. The van der Waals surface area contributed by atoms with Crippen molar-refractivity contribution in [2.24, 2.45) is 0 Å². The van der Waals surface area contributed by atoms with Crippen molar-refractivity contribution in [1.29, 1.82) is 0 Å². The van der Waals surface area contributed by atoms with Gasteiger partial charge in [0, 0.05) is 16.5 Å². The molecule has 0 saturated carbocycles. The number of rotatable bonds is 2. The summed E-state index contributed by atoms with van der Waals surface area (Å²) < 4.78 is 6.58. The molecule has 5 nitrogen and oxygen atoms in total. The smallest absolute Gasteiger partial charge is 0.246 e. The molecule has 0 aliphatic carbocycles. The first-order valence-electron chi connectivity index (χ1n) is 6.58. The molecule has 0 spiro atoms. The van der Waals surface area contributed by atoms with E-state index in [4.69, 9.17) is 4.74 Å². The van der Waals surface area contributed by atoms with E-state index in [9.17, 15) is 9.59 Å². The largest absolute Gasteiger partial charge is 0.493 e. The van der Waals surface area contributed by atoms with Crippen molar-refractivity contribution in [3.05, 3.63) is 27.7 Å². The van der Waals surface area contributed by atoms with Crippen molar-refractivity contribution in [3.63, 3.8) is 0 Å². The Labute approximate surface area is 125 Å². The molecular formula is C14H15BrN2O3. The Morgan fingerprint density at radius 2 is 2.25 bits per heavy atom. The van der Waals surface area contributed by atoms with Crippen molar-refractivity contribution < 1.29 is 14.3 Å². The standard InChI is InChI=1S/C14H15BrN2O3/c1-8-14(19)17(12(18)6-16-8)7-10-5-11(15)4-9-2-3-20-13(9)10/h4-5,8,16H,2-3,6-7H2,1H3. The molecular weight excluding hydrogens is 324 g/mol. The molecule has 2 aliphatic heterocycles. The van der Waals surface area contributed by atoms with Crippen molar-refractivity contribution >= 4 is 27.7 Å². The van der Waals surface area contributed by atoms with Crippen LogP contribution >= 0.6 is 15.9 Å². The number of nitrogens with zero attached hydrogens (tertiary/aromatic N) is 1. The predicted octanol–water partition coefficient (Wildman–Crippen LogP) is 1.23. The lowest BCUT2D eigenvalue weighted by atomic mass is 10.1. The van der Waals surface area contributed by atoms with Crippen LogP contribution < -0.4 is 10.1 Å². The summed E-state index contributed by atoms with van der Waals surface area (Å²) in [5.41, 5.74) is 2.00. The molecule has 2 aliphatic rings. The van der Waals surface area contributed by atoms with E-state index in [0.29, 0.717) is 6.61 Å². The molecule has 0 radical (unpaired) electrons. The normalized spacial score (nSPS) is 21.9. The lowest BCUT2D eigenvalue weighted by Crippen LogP contribution is -2.56. The SMILES string of the molecule is CC1NCC(=O)N(Cc2cc(Br)cc3c2OCC3)C1=O. The molecule has 106 valence electrons. The average Bonchev–Trinajstić information content (AvgIpc) is 2.87. The highest BCUT2D eigenvalue weighted by Crippen LogP contribution is 2.34. The molecule has 1 aromatic carbocycles. The van der Waals surface area contributed by atoms with Gasteiger partial charge in [-0.25, -0.2) is 0 Å². The van der Waals surface area contributed by atoms with Gasteiger partial charge in [-0.05, 0) is 24.6 Å². The van der Waals surface area contributed by atoms with Crippen LogP contribution in [0.5, 0.6) is 5.75 Å². The minimum absolute atomic E-state index is 0.187. The number of carbonyl (C=O) groups is 2. The molecule has 0 bridgehead atoms. The maximum Gasteiger partial charge on any atom is 0.246 e. The Bertz CT molecular complexity index is 588. The Hall–Kier alpha value is -1.40. The average molecular weight is 339 g/mol. The number of carbonyl (C=O) groups excluding carboxylic acids is 2. The topological polar surface area (TPSA) is 58.6 Å². The highest BCUT2D eigenvalue weighted by Gasteiger charge is 2.32. The van der Waals surface area contributed by atoms with Crippen LogP contribution in [0.4, 0.5) is 0 Å². The summed E-state index contributed by atoms with van der Waals surface area (Å²) in [5.74, 6) is 0.438. The Kier molecular flexibility index (Phi) is 3.52. The van der Waals surface area contributed by atoms with Gasteiger partial charge in [0.15, 0.2) is 0 Å². The van der Waals surface area contributed by atoms with Gasteiger partial charge in [-0.2, -0.15) is 0 Å². The maximum absolute atomic E-state index is 12.1. The van der Waals surface area contributed by atoms with Gasteiger partial charge in [0.1, 0.15) is 5.75 Å². The summed E-state index contributed by atoms with van der Waals surface area (Å²) in [7, 11) is 0. The van der Waals surface area contributed by atoms with E-state index >= 15 is 0 Å². The van der Waals surface area contributed by atoms with Gasteiger partial charge in [-0.3, -0.25) is 19.8 Å². The van der Waals surface area contributed by atoms with Crippen molar-refractivity contribution in [3.8, 4) is 5.75 Å². The Morgan fingerprint density at radius 1 is 1.45 bits per heavy atom. The van der Waals surface area contributed by atoms with Crippen LogP contribution in [-0.2, 0) is 22.6 Å². The Morgan fingerprint density at radius 3 is 3.05 bits per heavy atom. The maximum atomic E-state index is 12.1. The summed E-state index contributed by atoms with van der Waals surface area (Å²) in [6.45, 7) is 2.89. The van der Waals surface area contributed by atoms with E-state index in [-0.39, 0.29) is 30.9 Å². The first-order valence-corrected chi connectivity index (χ1v) is 7.37. The number of halogens is 1. The number of ether oxygens (including phenoxy) is 1. The highest BCUT2D eigenvalue weighted by molar-refractivity contribution is 9.10. The molecule has 1 fully saturated rings. The van der Waals surface area contributed by atoms with Crippen molar-refractivity contribution in [2.75, 3.05) is 13.2 Å². The highest BCUT2D eigenvalue weighted by atomic mass is 79.9. The van der Waals surface area contributed by atoms with E-state index < -0.39 is 0 Å². The molecule has 6 heteroatoms. The zero-order valence-electron chi connectivity index (χ0n) is 11.1. The van der Waals surface area contributed by atoms with Gasteiger partial charge in [0.25, 0.3) is 0 Å². The van der Waals surface area contributed by atoms with E-state index in [2.05, 4.69) is 21.2 Å². The summed E-state index contributed by atoms with van der Waals surface area (Å²) in [6.07, 6.45) is 0.863. The van der Waals surface area contributed by atoms with Gasteiger partial charge >= 0.3 is 0 Å². The number of hydrogen-bond donors (Lipinski definition) is 1. The second-order valence-corrected chi connectivity index (χ2v) is 5.99. The molecule has 1 atom stereocenters. The first-order chi connectivity index (χ1) is 9.56. The summed E-state index contributed by atoms with van der Waals surface area (Å²) >= 11 is 3.47. The number of hydrogen-bond acceptors (Lipinski definition) is 4. The van der Waals surface area contributed by atoms with Gasteiger partial charge in [0.2, 0.25) is 11.8 Å². The molecule has 1 N–H and O–H groups in total. The molecule has 20 heavy (non-hydrogen) atoms. The zero-order chi connectivity index (χ0) is 14.3. The molecule has 2 heterocycles. The lowest BCUT2D eigenvalue weighted by Gasteiger charge is -2.30. The monoisotopic (exact) mass is 338 g/mol. The molecule has 1 saturated heterocycles. The van der Waals surface area contributed by atoms with Crippen LogP contribution in [0.3, 0.4) is 0 Å². The van der Waals surface area contributed by atoms with Gasteiger partial charge < -0.3 is 4.74 Å². The van der Waals surface area contributed by atoms with Crippen LogP contribution in [0.15, 0.2) is 16.6 Å². The van der Waals surface area contributed by atoms with E-state index in [1.807, 2.05) is 12.1 Å². The number of amides is 2. The molecule has 0 aromatic heterocycles. The van der Waals surface area contributed by atoms with Crippen molar-refractivity contribution in [2.45, 2.75) is 25.9 Å². The van der Waals surface area contributed by atoms with Gasteiger partial charge in [-0.15, -0.1) is 0 Å². The minimum atomic E-state index is -0.325. The fraction of sp³-hybridized carbons (Fsp3) is 0.429. The number of piperazine rings is 1. The molecule has 1 aromatic rings. The summed E-state index contributed by atoms with van der Waals surface area (Å²) in [5, 5.41) is 2.88. The van der Waals surface area contributed by atoms with Crippen LogP contribution in [0, 0.1) is 0 Å². The number of nitrogens with one attached hydrogen (secondary N) is 1. The molecule has 2 amide bonds. The van der Waals surface area contributed by atoms with Crippen LogP contribution in [0.2, 0.25) is 0 Å². The van der Waals surface area contributed by atoms with E-state index in [1.165, 1.54) is 4.90 Å². The van der Waals surface area contributed by atoms with E-state index in [1.54, 1.807) is 6.92 Å². The number of imide groups is 1. The van der Waals surface area contributed by atoms with Crippen molar-refractivity contribution in [1.82, 2.24) is 10.2 Å². The summed E-state index contributed by atoms with van der Waals surface area (Å²) in [4.78, 5) is 25.4. The van der Waals surface area contributed by atoms with Crippen LogP contribution in [0.25, 0.3) is 0 Å². The molecule has 3 rings (SSSR count). The van der Waals surface area contributed by atoms with Gasteiger partial charge in [0.05, 0.1) is 25.7 Å². The first kappa shape index (κ1) is 13.6.